The number of rotatable bonds is 4. The minimum atomic E-state index is -0.232. The monoisotopic (exact) mass is 391 g/mol. The molecule has 0 spiro atoms. The molecule has 0 saturated heterocycles. The van der Waals surface area contributed by atoms with Crippen molar-refractivity contribution in [1.29, 1.82) is 0 Å². The Kier molecular flexibility index (Phi) is 4.62. The number of aromatic nitrogens is 3. The van der Waals surface area contributed by atoms with Crippen LogP contribution in [-0.4, -0.2) is 26.6 Å². The highest BCUT2D eigenvalue weighted by Crippen LogP contribution is 2.28. The zero-order valence-electron chi connectivity index (χ0n) is 15.3. The SMILES string of the molecule is CC(=O)Nc1ccc2nc(NC(=O)c3ccc(-n4cc(C)cn4)cc3)sc2c1. The van der Waals surface area contributed by atoms with Crippen molar-refractivity contribution < 1.29 is 9.59 Å². The standard InChI is InChI=1S/C20H17N5O2S/c1-12-10-21-25(11-12)16-6-3-14(4-7-16)19(27)24-20-23-17-8-5-15(22-13(2)26)9-18(17)28-20/h3-11H,1-2H3,(H,22,26)(H,23,24,27). The van der Waals surface area contributed by atoms with E-state index >= 15 is 0 Å². The van der Waals surface area contributed by atoms with Gasteiger partial charge in [-0.3, -0.25) is 14.9 Å². The fourth-order valence-corrected chi connectivity index (χ4v) is 3.65. The van der Waals surface area contributed by atoms with Gasteiger partial charge in [0.1, 0.15) is 0 Å². The Morgan fingerprint density at radius 2 is 1.86 bits per heavy atom. The van der Waals surface area contributed by atoms with Gasteiger partial charge in [-0.05, 0) is 55.0 Å². The minimum absolute atomic E-state index is 0.133. The van der Waals surface area contributed by atoms with Crippen molar-refractivity contribution >= 4 is 44.2 Å². The van der Waals surface area contributed by atoms with Crippen LogP contribution in [-0.2, 0) is 4.79 Å². The second-order valence-corrected chi connectivity index (χ2v) is 7.38. The molecule has 7 nitrogen and oxygen atoms in total. The number of benzene rings is 2. The first-order chi connectivity index (χ1) is 13.5. The summed E-state index contributed by atoms with van der Waals surface area (Å²) in [5, 5.41) is 10.3. The van der Waals surface area contributed by atoms with Crippen LogP contribution in [0.5, 0.6) is 0 Å². The molecule has 4 aromatic rings. The number of aryl methyl sites for hydroxylation is 1. The van der Waals surface area contributed by atoms with Crippen LogP contribution in [0.1, 0.15) is 22.8 Å². The van der Waals surface area contributed by atoms with Gasteiger partial charge < -0.3 is 5.32 Å². The summed E-state index contributed by atoms with van der Waals surface area (Å²) in [4.78, 5) is 28.1. The maximum Gasteiger partial charge on any atom is 0.257 e. The van der Waals surface area contributed by atoms with E-state index in [-0.39, 0.29) is 11.8 Å². The van der Waals surface area contributed by atoms with Crippen molar-refractivity contribution in [3.63, 3.8) is 0 Å². The topological polar surface area (TPSA) is 88.9 Å². The Morgan fingerprint density at radius 1 is 1.07 bits per heavy atom. The lowest BCUT2D eigenvalue weighted by Gasteiger charge is -2.04. The summed E-state index contributed by atoms with van der Waals surface area (Å²) in [5.74, 6) is -0.365. The van der Waals surface area contributed by atoms with Gasteiger partial charge in [0, 0.05) is 24.4 Å². The largest absolute Gasteiger partial charge is 0.326 e. The van der Waals surface area contributed by atoms with Gasteiger partial charge >= 0.3 is 0 Å². The van der Waals surface area contributed by atoms with Crippen LogP contribution in [0.2, 0.25) is 0 Å². The molecule has 0 bridgehead atoms. The molecule has 2 N–H and O–H groups in total. The summed E-state index contributed by atoms with van der Waals surface area (Å²) in [6.07, 6.45) is 3.70. The molecule has 0 atom stereocenters. The van der Waals surface area contributed by atoms with E-state index in [1.165, 1.54) is 18.3 Å². The van der Waals surface area contributed by atoms with E-state index in [0.29, 0.717) is 16.4 Å². The predicted molar refractivity (Wildman–Crippen MR) is 110 cm³/mol. The third-order valence-corrected chi connectivity index (χ3v) is 4.97. The zero-order chi connectivity index (χ0) is 19.7. The van der Waals surface area contributed by atoms with Gasteiger partial charge in [-0.25, -0.2) is 9.67 Å². The normalized spacial score (nSPS) is 10.8. The molecule has 0 unspecified atom stereocenters. The molecule has 0 saturated carbocycles. The first-order valence-electron chi connectivity index (χ1n) is 8.59. The molecule has 8 heteroatoms. The number of carbonyl (C=O) groups excluding carboxylic acids is 2. The first-order valence-corrected chi connectivity index (χ1v) is 9.41. The van der Waals surface area contributed by atoms with E-state index in [9.17, 15) is 9.59 Å². The fourth-order valence-electron chi connectivity index (χ4n) is 2.75. The van der Waals surface area contributed by atoms with Crippen LogP contribution in [0.15, 0.2) is 54.9 Å². The minimum Gasteiger partial charge on any atom is -0.326 e. The number of fused-ring (bicyclic) bond motifs is 1. The first kappa shape index (κ1) is 17.9. The van der Waals surface area contributed by atoms with Crippen molar-refractivity contribution in [2.24, 2.45) is 0 Å². The van der Waals surface area contributed by atoms with Gasteiger partial charge in [-0.1, -0.05) is 11.3 Å². The highest BCUT2D eigenvalue weighted by Gasteiger charge is 2.11. The maximum absolute atomic E-state index is 12.5. The molecule has 2 aromatic heterocycles. The molecule has 140 valence electrons. The number of carbonyl (C=O) groups is 2. The van der Waals surface area contributed by atoms with E-state index in [0.717, 1.165) is 21.5 Å². The number of nitrogens with one attached hydrogen (secondary N) is 2. The van der Waals surface area contributed by atoms with Gasteiger partial charge in [-0.2, -0.15) is 5.10 Å². The molecule has 0 radical (unpaired) electrons. The second kappa shape index (κ2) is 7.24. The van der Waals surface area contributed by atoms with Crippen LogP contribution in [0.4, 0.5) is 10.8 Å². The number of thiazole rings is 1. The van der Waals surface area contributed by atoms with Crippen molar-refractivity contribution in [2.75, 3.05) is 10.6 Å². The fraction of sp³-hybridized carbons (Fsp3) is 0.100. The van der Waals surface area contributed by atoms with Gasteiger partial charge in [0.15, 0.2) is 5.13 Å². The molecular formula is C20H17N5O2S. The molecular weight excluding hydrogens is 374 g/mol. The Bertz CT molecular complexity index is 1180. The van der Waals surface area contributed by atoms with Crippen LogP contribution < -0.4 is 10.6 Å². The maximum atomic E-state index is 12.5. The average molecular weight is 391 g/mol. The summed E-state index contributed by atoms with van der Waals surface area (Å²) in [7, 11) is 0. The van der Waals surface area contributed by atoms with E-state index in [1.54, 1.807) is 29.1 Å². The number of hydrogen-bond acceptors (Lipinski definition) is 5. The average Bonchev–Trinajstić information content (AvgIpc) is 3.26. The Hall–Kier alpha value is -3.52. The molecule has 0 aliphatic heterocycles. The Labute approximate surface area is 165 Å². The van der Waals surface area contributed by atoms with Gasteiger partial charge in [0.25, 0.3) is 5.91 Å². The summed E-state index contributed by atoms with van der Waals surface area (Å²) < 4.78 is 2.64. The second-order valence-electron chi connectivity index (χ2n) is 6.35. The van der Waals surface area contributed by atoms with E-state index in [1.807, 2.05) is 37.4 Å². The molecule has 4 rings (SSSR count). The van der Waals surface area contributed by atoms with Gasteiger partial charge in [0.2, 0.25) is 5.91 Å². The quantitative estimate of drug-likeness (QED) is 0.550. The van der Waals surface area contributed by atoms with Crippen LogP contribution >= 0.6 is 11.3 Å². The Balaban J connectivity index is 1.50. The highest BCUT2D eigenvalue weighted by molar-refractivity contribution is 7.22. The van der Waals surface area contributed by atoms with Crippen LogP contribution in [0, 0.1) is 6.92 Å². The Morgan fingerprint density at radius 3 is 2.54 bits per heavy atom. The van der Waals surface area contributed by atoms with Crippen LogP contribution in [0.3, 0.4) is 0 Å². The third-order valence-electron chi connectivity index (χ3n) is 4.03. The van der Waals surface area contributed by atoms with E-state index < -0.39 is 0 Å². The zero-order valence-corrected chi connectivity index (χ0v) is 16.1. The highest BCUT2D eigenvalue weighted by atomic mass is 32.1. The van der Waals surface area contributed by atoms with Gasteiger partial charge in [0.05, 0.1) is 22.1 Å². The molecule has 0 aliphatic carbocycles. The number of hydrogen-bond donors (Lipinski definition) is 2. The van der Waals surface area contributed by atoms with E-state index in [4.69, 9.17) is 0 Å². The number of amides is 2. The summed E-state index contributed by atoms with van der Waals surface area (Å²) >= 11 is 1.36. The lowest BCUT2D eigenvalue weighted by molar-refractivity contribution is -0.114. The van der Waals surface area contributed by atoms with Crippen molar-refractivity contribution in [1.82, 2.24) is 14.8 Å². The van der Waals surface area contributed by atoms with Gasteiger partial charge in [-0.15, -0.1) is 0 Å². The van der Waals surface area contributed by atoms with Crippen molar-refractivity contribution in [3.8, 4) is 5.69 Å². The molecule has 0 aliphatic rings. The van der Waals surface area contributed by atoms with Crippen molar-refractivity contribution in [3.05, 3.63) is 66.0 Å². The predicted octanol–water partition coefficient (Wildman–Crippen LogP) is 4.00. The number of anilines is 2. The lowest BCUT2D eigenvalue weighted by atomic mass is 10.2. The molecule has 28 heavy (non-hydrogen) atoms. The summed E-state index contributed by atoms with van der Waals surface area (Å²) in [6, 6.07) is 12.6. The van der Waals surface area contributed by atoms with Crippen LogP contribution in [0.25, 0.3) is 15.9 Å². The number of nitrogens with zero attached hydrogens (tertiary/aromatic N) is 3. The summed E-state index contributed by atoms with van der Waals surface area (Å²) in [6.45, 7) is 3.43. The van der Waals surface area contributed by atoms with E-state index in [2.05, 4.69) is 20.7 Å². The lowest BCUT2D eigenvalue weighted by Crippen LogP contribution is -2.11. The molecule has 2 amide bonds. The summed E-state index contributed by atoms with van der Waals surface area (Å²) in [5.41, 5.74) is 3.95. The van der Waals surface area contributed by atoms with Crippen molar-refractivity contribution in [2.45, 2.75) is 13.8 Å². The molecule has 2 heterocycles. The smallest absolute Gasteiger partial charge is 0.257 e. The molecule has 2 aromatic carbocycles. The molecule has 0 fully saturated rings. The third kappa shape index (κ3) is 3.77.